The summed E-state index contributed by atoms with van der Waals surface area (Å²) in [5, 5.41) is 3.00. The number of hydrogen-bond donors (Lipinski definition) is 1. The van der Waals surface area contributed by atoms with Gasteiger partial charge in [-0.1, -0.05) is 35.5 Å². The van der Waals surface area contributed by atoms with Crippen LogP contribution in [0.2, 0.25) is 0 Å². The zero-order valence-corrected chi connectivity index (χ0v) is 12.9. The summed E-state index contributed by atoms with van der Waals surface area (Å²) in [4.78, 5) is 13.3. The lowest BCUT2D eigenvalue weighted by atomic mass is 10.1. The Morgan fingerprint density at radius 2 is 1.95 bits per heavy atom. The SMILES string of the molecule is CCOc1ccc(C2NC(=O)c3cc(C)ccc3S2)cc1. The van der Waals surface area contributed by atoms with Crippen LogP contribution in [-0.2, 0) is 0 Å². The van der Waals surface area contributed by atoms with Crippen LogP contribution in [0, 0.1) is 6.92 Å². The van der Waals surface area contributed by atoms with Crippen molar-refractivity contribution in [1.29, 1.82) is 0 Å². The molecule has 0 saturated carbocycles. The summed E-state index contributed by atoms with van der Waals surface area (Å²) in [5.41, 5.74) is 2.94. The van der Waals surface area contributed by atoms with Gasteiger partial charge in [0.25, 0.3) is 5.91 Å². The van der Waals surface area contributed by atoms with Gasteiger partial charge in [-0.05, 0) is 43.7 Å². The molecule has 3 rings (SSSR count). The standard InChI is InChI=1S/C17H17NO2S/c1-3-20-13-7-5-12(6-8-13)17-18-16(19)14-10-11(2)4-9-15(14)21-17/h4-10,17H,3H2,1-2H3,(H,18,19). The molecule has 2 aromatic carbocycles. The summed E-state index contributed by atoms with van der Waals surface area (Å²) < 4.78 is 5.44. The number of aryl methyl sites for hydroxylation is 1. The molecule has 0 fully saturated rings. The number of rotatable bonds is 3. The highest BCUT2D eigenvalue weighted by molar-refractivity contribution is 7.99. The lowest BCUT2D eigenvalue weighted by Crippen LogP contribution is -2.30. The Morgan fingerprint density at radius 1 is 1.19 bits per heavy atom. The fourth-order valence-electron chi connectivity index (χ4n) is 2.33. The third-order valence-electron chi connectivity index (χ3n) is 3.38. The Morgan fingerprint density at radius 3 is 2.67 bits per heavy atom. The van der Waals surface area contributed by atoms with Gasteiger partial charge in [0.05, 0.1) is 12.2 Å². The highest BCUT2D eigenvalue weighted by Crippen LogP contribution is 2.39. The van der Waals surface area contributed by atoms with Crippen LogP contribution >= 0.6 is 11.8 Å². The molecule has 1 unspecified atom stereocenters. The summed E-state index contributed by atoms with van der Waals surface area (Å²) in [7, 11) is 0. The van der Waals surface area contributed by atoms with E-state index in [0.717, 1.165) is 27.3 Å². The number of nitrogens with one attached hydrogen (secondary N) is 1. The van der Waals surface area contributed by atoms with E-state index >= 15 is 0 Å². The van der Waals surface area contributed by atoms with Gasteiger partial charge >= 0.3 is 0 Å². The van der Waals surface area contributed by atoms with Crippen LogP contribution in [-0.4, -0.2) is 12.5 Å². The first-order chi connectivity index (χ1) is 10.2. The maximum absolute atomic E-state index is 12.2. The van der Waals surface area contributed by atoms with Gasteiger partial charge in [0.2, 0.25) is 0 Å². The Hall–Kier alpha value is -1.94. The van der Waals surface area contributed by atoms with E-state index in [4.69, 9.17) is 4.74 Å². The zero-order valence-electron chi connectivity index (χ0n) is 12.1. The van der Waals surface area contributed by atoms with E-state index in [1.807, 2.05) is 56.3 Å². The molecule has 1 N–H and O–H groups in total. The smallest absolute Gasteiger partial charge is 0.253 e. The molecule has 2 aromatic rings. The third-order valence-corrected chi connectivity index (χ3v) is 4.62. The third kappa shape index (κ3) is 2.90. The van der Waals surface area contributed by atoms with Gasteiger partial charge in [0.15, 0.2) is 0 Å². The highest BCUT2D eigenvalue weighted by Gasteiger charge is 2.25. The highest BCUT2D eigenvalue weighted by atomic mass is 32.2. The fourth-order valence-corrected chi connectivity index (χ4v) is 3.47. The number of carbonyl (C=O) groups excluding carboxylic acids is 1. The quantitative estimate of drug-likeness (QED) is 0.933. The van der Waals surface area contributed by atoms with Crippen molar-refractivity contribution < 1.29 is 9.53 Å². The van der Waals surface area contributed by atoms with Crippen molar-refractivity contribution in [2.24, 2.45) is 0 Å². The van der Waals surface area contributed by atoms with Crippen LogP contribution in [0.5, 0.6) is 5.75 Å². The van der Waals surface area contributed by atoms with E-state index in [1.165, 1.54) is 0 Å². The van der Waals surface area contributed by atoms with Gasteiger partial charge < -0.3 is 10.1 Å². The van der Waals surface area contributed by atoms with Crippen LogP contribution < -0.4 is 10.1 Å². The van der Waals surface area contributed by atoms with E-state index in [0.29, 0.717) is 6.61 Å². The molecule has 3 nitrogen and oxygen atoms in total. The van der Waals surface area contributed by atoms with Gasteiger partial charge in [-0.3, -0.25) is 4.79 Å². The van der Waals surface area contributed by atoms with E-state index in [-0.39, 0.29) is 11.3 Å². The molecule has 0 saturated heterocycles. The predicted octanol–water partition coefficient (Wildman–Crippen LogP) is 3.93. The Balaban J connectivity index is 1.85. The number of amides is 1. The average molecular weight is 299 g/mol. The number of benzene rings is 2. The van der Waals surface area contributed by atoms with Crippen molar-refractivity contribution in [2.75, 3.05) is 6.61 Å². The molecular formula is C17H17NO2S. The fraction of sp³-hybridized carbons (Fsp3) is 0.235. The van der Waals surface area contributed by atoms with E-state index in [9.17, 15) is 4.79 Å². The van der Waals surface area contributed by atoms with Crippen molar-refractivity contribution in [2.45, 2.75) is 24.1 Å². The lowest BCUT2D eigenvalue weighted by Gasteiger charge is -2.25. The number of ether oxygens (including phenoxy) is 1. The molecule has 1 aliphatic rings. The summed E-state index contributed by atoms with van der Waals surface area (Å²) in [6.45, 7) is 4.61. The normalized spacial score (nSPS) is 17.0. The van der Waals surface area contributed by atoms with Crippen LogP contribution in [0.3, 0.4) is 0 Å². The Labute approximate surface area is 128 Å². The van der Waals surface area contributed by atoms with Crippen molar-refractivity contribution in [1.82, 2.24) is 5.32 Å². The summed E-state index contributed by atoms with van der Waals surface area (Å²) in [5.74, 6) is 0.843. The molecule has 1 heterocycles. The summed E-state index contributed by atoms with van der Waals surface area (Å²) in [6, 6.07) is 13.9. The summed E-state index contributed by atoms with van der Waals surface area (Å²) in [6.07, 6.45) is 0. The summed E-state index contributed by atoms with van der Waals surface area (Å²) >= 11 is 1.67. The average Bonchev–Trinajstić information content (AvgIpc) is 2.49. The van der Waals surface area contributed by atoms with E-state index < -0.39 is 0 Å². The number of fused-ring (bicyclic) bond motifs is 1. The van der Waals surface area contributed by atoms with Crippen molar-refractivity contribution in [3.63, 3.8) is 0 Å². The Bertz CT molecular complexity index is 667. The van der Waals surface area contributed by atoms with Gasteiger partial charge in [-0.15, -0.1) is 0 Å². The number of carbonyl (C=O) groups is 1. The number of thioether (sulfide) groups is 1. The molecule has 108 valence electrons. The molecule has 1 amide bonds. The number of hydrogen-bond acceptors (Lipinski definition) is 3. The molecule has 21 heavy (non-hydrogen) atoms. The topological polar surface area (TPSA) is 38.3 Å². The molecule has 0 bridgehead atoms. The minimum Gasteiger partial charge on any atom is -0.494 e. The molecular weight excluding hydrogens is 282 g/mol. The second-order valence-corrected chi connectivity index (χ2v) is 6.12. The predicted molar refractivity (Wildman–Crippen MR) is 84.9 cm³/mol. The first-order valence-corrected chi connectivity index (χ1v) is 7.86. The molecule has 0 aliphatic carbocycles. The Kier molecular flexibility index (Phi) is 3.88. The molecule has 0 aromatic heterocycles. The largest absolute Gasteiger partial charge is 0.494 e. The zero-order chi connectivity index (χ0) is 14.8. The molecule has 1 atom stereocenters. The van der Waals surface area contributed by atoms with Crippen molar-refractivity contribution >= 4 is 17.7 Å². The lowest BCUT2D eigenvalue weighted by molar-refractivity contribution is 0.0943. The minimum atomic E-state index is -0.0524. The second-order valence-electron chi connectivity index (χ2n) is 4.97. The minimum absolute atomic E-state index is 0.00802. The van der Waals surface area contributed by atoms with Crippen LogP contribution in [0.15, 0.2) is 47.4 Å². The van der Waals surface area contributed by atoms with E-state index in [2.05, 4.69) is 5.32 Å². The van der Waals surface area contributed by atoms with Crippen LogP contribution in [0.4, 0.5) is 0 Å². The van der Waals surface area contributed by atoms with Crippen molar-refractivity contribution in [3.8, 4) is 5.75 Å². The van der Waals surface area contributed by atoms with Gasteiger partial charge in [-0.2, -0.15) is 0 Å². The molecule has 4 heteroatoms. The molecule has 1 aliphatic heterocycles. The second kappa shape index (κ2) is 5.82. The maximum Gasteiger partial charge on any atom is 0.253 e. The van der Waals surface area contributed by atoms with Gasteiger partial charge in [0.1, 0.15) is 11.1 Å². The van der Waals surface area contributed by atoms with Gasteiger partial charge in [-0.25, -0.2) is 0 Å². The van der Waals surface area contributed by atoms with E-state index in [1.54, 1.807) is 11.8 Å². The van der Waals surface area contributed by atoms with Crippen molar-refractivity contribution in [3.05, 3.63) is 59.2 Å². The monoisotopic (exact) mass is 299 g/mol. The molecule has 0 spiro atoms. The maximum atomic E-state index is 12.2. The van der Waals surface area contributed by atoms with Crippen LogP contribution in [0.25, 0.3) is 0 Å². The first-order valence-electron chi connectivity index (χ1n) is 6.98. The van der Waals surface area contributed by atoms with Crippen LogP contribution in [0.1, 0.15) is 33.8 Å². The molecule has 0 radical (unpaired) electrons. The van der Waals surface area contributed by atoms with Gasteiger partial charge in [0, 0.05) is 4.90 Å². The first kappa shape index (κ1) is 14.0.